The van der Waals surface area contributed by atoms with Crippen molar-refractivity contribution in [3.8, 4) is 22.5 Å². The molecule has 0 spiro atoms. The van der Waals surface area contributed by atoms with Gasteiger partial charge in [0.1, 0.15) is 11.6 Å². The highest BCUT2D eigenvalue weighted by molar-refractivity contribution is 7.83. The van der Waals surface area contributed by atoms with Crippen LogP contribution in [0.3, 0.4) is 0 Å². The Kier molecular flexibility index (Phi) is 5.23. The van der Waals surface area contributed by atoms with Crippen molar-refractivity contribution in [2.75, 3.05) is 0 Å². The van der Waals surface area contributed by atoms with E-state index in [1.165, 1.54) is 22.2 Å². The Morgan fingerprint density at radius 3 is 2.28 bits per heavy atom. The lowest BCUT2D eigenvalue weighted by atomic mass is 10.1. The molecule has 0 aliphatic rings. The normalized spacial score (nSPS) is 12.4. The lowest BCUT2D eigenvalue weighted by Crippen LogP contribution is -2.07. The van der Waals surface area contributed by atoms with Crippen LogP contribution in [0, 0.1) is 25.5 Å². The van der Waals surface area contributed by atoms with Gasteiger partial charge in [-0.2, -0.15) is 0 Å². The minimum absolute atomic E-state index is 0.199. The van der Waals surface area contributed by atoms with Crippen LogP contribution in [0.5, 0.6) is 0 Å². The van der Waals surface area contributed by atoms with Crippen molar-refractivity contribution < 1.29 is 13.0 Å². The van der Waals surface area contributed by atoms with Crippen LogP contribution in [-0.2, 0) is 11.0 Å². The number of hydrogen-bond acceptors (Lipinski definition) is 3. The van der Waals surface area contributed by atoms with Gasteiger partial charge in [-0.3, -0.25) is 3.97 Å². The third-order valence-corrected chi connectivity index (χ3v) is 7.55. The van der Waals surface area contributed by atoms with Gasteiger partial charge >= 0.3 is 0 Å². The van der Waals surface area contributed by atoms with Gasteiger partial charge in [0.25, 0.3) is 0 Å². The van der Waals surface area contributed by atoms with Crippen molar-refractivity contribution in [2.45, 2.75) is 18.7 Å². The fourth-order valence-corrected chi connectivity index (χ4v) is 5.98. The highest BCUT2D eigenvalue weighted by Crippen LogP contribution is 2.36. The molecular weight excluding hydrogens is 446 g/mol. The largest absolute Gasteiger partial charge is 0.255 e. The molecule has 0 saturated heterocycles. The third-order valence-electron chi connectivity index (χ3n) is 5.26. The number of aryl methyl sites for hydroxylation is 2. The average molecular weight is 465 g/mol. The lowest BCUT2D eigenvalue weighted by molar-refractivity contribution is 0.588. The molecule has 0 radical (unpaired) electrons. The number of hydrogen-bond donors (Lipinski definition) is 0. The van der Waals surface area contributed by atoms with E-state index in [-0.39, 0.29) is 11.3 Å². The molecule has 0 aliphatic carbocycles. The molecule has 5 rings (SSSR count). The summed E-state index contributed by atoms with van der Waals surface area (Å²) >= 11 is 1.62. The topological polar surface area (TPSA) is 34.9 Å². The van der Waals surface area contributed by atoms with E-state index in [0.29, 0.717) is 10.4 Å². The Hall–Kier alpha value is -3.16. The van der Waals surface area contributed by atoms with E-state index in [4.69, 9.17) is 0 Å². The predicted molar refractivity (Wildman–Crippen MR) is 126 cm³/mol. The number of thiazole rings is 1. The van der Waals surface area contributed by atoms with Crippen LogP contribution in [0.25, 0.3) is 33.4 Å². The summed E-state index contributed by atoms with van der Waals surface area (Å²) in [7, 11) is -1.70. The second-order valence-corrected chi connectivity index (χ2v) is 10.1. The predicted octanol–water partition coefficient (Wildman–Crippen LogP) is 6.90. The SMILES string of the molecule is Cc1nc(-c2ccc3c(c2)cc(-c2c(F)cccc2F)n3S(=O)c2ccccc2)c(C)s1. The number of aromatic nitrogens is 2. The Bertz CT molecular complexity index is 1470. The number of halogens is 2. The molecule has 0 amide bonds. The smallest absolute Gasteiger partial charge is 0.157 e. The van der Waals surface area contributed by atoms with Gasteiger partial charge < -0.3 is 0 Å². The first-order valence-corrected chi connectivity index (χ1v) is 11.9. The zero-order chi connectivity index (χ0) is 22.4. The van der Waals surface area contributed by atoms with E-state index in [1.807, 2.05) is 38.1 Å². The van der Waals surface area contributed by atoms with Gasteiger partial charge in [-0.05, 0) is 56.3 Å². The zero-order valence-corrected chi connectivity index (χ0v) is 18.9. The van der Waals surface area contributed by atoms with Gasteiger partial charge in [0.05, 0.1) is 32.4 Å². The summed E-state index contributed by atoms with van der Waals surface area (Å²) in [6.07, 6.45) is 0. The summed E-state index contributed by atoms with van der Waals surface area (Å²) in [5, 5.41) is 1.70. The first kappa shape index (κ1) is 20.7. The number of fused-ring (bicyclic) bond motifs is 1. The highest BCUT2D eigenvalue weighted by atomic mass is 32.2. The molecule has 0 saturated carbocycles. The van der Waals surface area contributed by atoms with E-state index in [1.54, 1.807) is 41.7 Å². The van der Waals surface area contributed by atoms with Crippen molar-refractivity contribution >= 4 is 33.2 Å². The molecular formula is C25H18F2N2OS2. The van der Waals surface area contributed by atoms with Gasteiger partial charge in [-0.15, -0.1) is 11.3 Å². The van der Waals surface area contributed by atoms with E-state index in [9.17, 15) is 13.0 Å². The molecule has 7 heteroatoms. The van der Waals surface area contributed by atoms with Crippen LogP contribution in [0.4, 0.5) is 8.78 Å². The summed E-state index contributed by atoms with van der Waals surface area (Å²) in [5.41, 5.74) is 2.43. The van der Waals surface area contributed by atoms with Crippen molar-refractivity contribution in [2.24, 2.45) is 0 Å². The van der Waals surface area contributed by atoms with Gasteiger partial charge in [-0.25, -0.2) is 18.0 Å². The second-order valence-electron chi connectivity index (χ2n) is 7.39. The summed E-state index contributed by atoms with van der Waals surface area (Å²) < 4.78 is 44.6. The quantitative estimate of drug-likeness (QED) is 0.290. The van der Waals surface area contributed by atoms with Crippen LogP contribution in [-0.4, -0.2) is 13.2 Å². The van der Waals surface area contributed by atoms with Crippen molar-refractivity contribution in [3.05, 3.63) is 94.3 Å². The first-order chi connectivity index (χ1) is 15.4. The van der Waals surface area contributed by atoms with Crippen molar-refractivity contribution in [1.29, 1.82) is 0 Å². The van der Waals surface area contributed by atoms with Crippen molar-refractivity contribution in [3.63, 3.8) is 0 Å². The fourth-order valence-electron chi connectivity index (χ4n) is 3.87. The van der Waals surface area contributed by atoms with Crippen LogP contribution < -0.4 is 0 Å². The molecule has 5 aromatic rings. The van der Waals surface area contributed by atoms with Crippen LogP contribution in [0.15, 0.2) is 77.7 Å². The van der Waals surface area contributed by atoms with Gasteiger partial charge in [0.15, 0.2) is 11.0 Å². The molecule has 2 heterocycles. The molecule has 3 nitrogen and oxygen atoms in total. The van der Waals surface area contributed by atoms with E-state index in [2.05, 4.69) is 4.98 Å². The summed E-state index contributed by atoms with van der Waals surface area (Å²) in [4.78, 5) is 6.25. The molecule has 160 valence electrons. The summed E-state index contributed by atoms with van der Waals surface area (Å²) in [6, 6.07) is 20.0. The molecule has 1 atom stereocenters. The molecule has 2 aromatic heterocycles. The average Bonchev–Trinajstić information content (AvgIpc) is 3.32. The van der Waals surface area contributed by atoms with E-state index >= 15 is 0 Å². The Labute approximate surface area is 190 Å². The maximum absolute atomic E-state index is 14.7. The standard InChI is InChI=1S/C25H18F2N2OS2/c1-15-25(28-16(2)31-15)17-11-12-22-18(13-17)14-23(24-20(26)9-6-10-21(24)27)29(22)32(30)19-7-4-3-5-8-19/h3-14H,1-2H3. The molecule has 0 N–H and O–H groups in total. The van der Waals surface area contributed by atoms with Gasteiger partial charge in [0, 0.05) is 15.8 Å². The van der Waals surface area contributed by atoms with Gasteiger partial charge in [-0.1, -0.05) is 30.3 Å². The zero-order valence-electron chi connectivity index (χ0n) is 17.3. The summed E-state index contributed by atoms with van der Waals surface area (Å²) in [6.45, 7) is 3.97. The Balaban J connectivity index is 1.79. The highest BCUT2D eigenvalue weighted by Gasteiger charge is 2.22. The minimum atomic E-state index is -1.70. The first-order valence-electron chi connectivity index (χ1n) is 9.95. The Morgan fingerprint density at radius 1 is 0.906 bits per heavy atom. The van der Waals surface area contributed by atoms with E-state index in [0.717, 1.165) is 26.5 Å². The molecule has 3 aromatic carbocycles. The van der Waals surface area contributed by atoms with Crippen LogP contribution in [0.1, 0.15) is 9.88 Å². The van der Waals surface area contributed by atoms with Crippen molar-refractivity contribution in [1.82, 2.24) is 8.96 Å². The van der Waals surface area contributed by atoms with Crippen LogP contribution in [0.2, 0.25) is 0 Å². The lowest BCUT2D eigenvalue weighted by Gasteiger charge is -2.12. The molecule has 0 aliphatic heterocycles. The number of nitrogens with zero attached hydrogens (tertiary/aromatic N) is 2. The molecule has 0 fully saturated rings. The van der Waals surface area contributed by atoms with E-state index < -0.39 is 22.6 Å². The third kappa shape index (κ3) is 3.47. The number of rotatable bonds is 4. The minimum Gasteiger partial charge on any atom is -0.255 e. The van der Waals surface area contributed by atoms with Crippen LogP contribution >= 0.6 is 11.3 Å². The maximum Gasteiger partial charge on any atom is 0.157 e. The Morgan fingerprint density at radius 2 is 1.62 bits per heavy atom. The van der Waals surface area contributed by atoms with Gasteiger partial charge in [0.2, 0.25) is 0 Å². The molecule has 0 bridgehead atoms. The number of benzene rings is 3. The fraction of sp³-hybridized carbons (Fsp3) is 0.0800. The second kappa shape index (κ2) is 8.07. The monoisotopic (exact) mass is 464 g/mol. The molecule has 32 heavy (non-hydrogen) atoms. The summed E-state index contributed by atoms with van der Waals surface area (Å²) in [5.74, 6) is -1.41. The molecule has 1 unspecified atom stereocenters. The maximum atomic E-state index is 14.7.